The van der Waals surface area contributed by atoms with E-state index in [1.807, 2.05) is 29.7 Å². The normalized spacial score (nSPS) is 16.7. The smallest absolute Gasteiger partial charge is 0.301 e. The van der Waals surface area contributed by atoms with Crippen LogP contribution in [0, 0.1) is 19.7 Å². The number of nitrogens with zero attached hydrogens (tertiary/aromatic N) is 5. The molecule has 1 aliphatic rings. The molecule has 1 amide bonds. The lowest BCUT2D eigenvalue weighted by molar-refractivity contribution is -0.132. The van der Waals surface area contributed by atoms with Gasteiger partial charge in [0.25, 0.3) is 5.78 Å². The molecule has 5 aromatic rings. The van der Waals surface area contributed by atoms with Gasteiger partial charge < -0.3 is 9.51 Å². The third kappa shape index (κ3) is 4.90. The molecule has 0 bridgehead atoms. The Labute approximate surface area is 247 Å². The standard InChI is InChI=1S/C29H21ClFN5O3S2/c1-15-4-3-13-35-16(2)22(32-26(15)35)24(37)21-23(18-7-9-19(30)10-8-18)36(27(39)25(21)38)28-33-34-29(41-28)40-14-17-5-11-20(31)12-6-17/h3-13,23,37H,14H2,1-2H3/b24-21+. The number of rotatable bonds is 6. The minimum absolute atomic E-state index is 0.0998. The number of anilines is 1. The second-order valence-corrected chi connectivity index (χ2v) is 12.0. The van der Waals surface area contributed by atoms with Crippen molar-refractivity contribution in [1.29, 1.82) is 0 Å². The molecule has 41 heavy (non-hydrogen) atoms. The molecule has 0 radical (unpaired) electrons. The number of ketones is 1. The van der Waals surface area contributed by atoms with Gasteiger partial charge in [-0.2, -0.15) is 0 Å². The molecule has 1 N–H and O–H groups in total. The van der Waals surface area contributed by atoms with Crippen LogP contribution in [0.15, 0.2) is 76.8 Å². The first-order chi connectivity index (χ1) is 19.7. The summed E-state index contributed by atoms with van der Waals surface area (Å²) in [5.41, 5.74) is 3.72. The molecule has 0 aliphatic carbocycles. The zero-order chi connectivity index (χ0) is 28.8. The summed E-state index contributed by atoms with van der Waals surface area (Å²) in [6, 6.07) is 15.6. The van der Waals surface area contributed by atoms with Crippen molar-refractivity contribution in [2.75, 3.05) is 4.90 Å². The second-order valence-electron chi connectivity index (χ2n) is 9.42. The van der Waals surface area contributed by atoms with Crippen LogP contribution in [0.5, 0.6) is 0 Å². The highest BCUT2D eigenvalue weighted by atomic mass is 35.5. The number of carbonyl (C=O) groups is 2. The van der Waals surface area contributed by atoms with Crippen LogP contribution in [0.4, 0.5) is 9.52 Å². The minimum atomic E-state index is -0.986. The van der Waals surface area contributed by atoms with E-state index in [0.717, 1.165) is 22.5 Å². The Kier molecular flexibility index (Phi) is 7.10. The number of pyridine rings is 1. The molecule has 1 saturated heterocycles. The number of hydrogen-bond acceptors (Lipinski definition) is 8. The number of thioether (sulfide) groups is 1. The number of aliphatic hydroxyl groups excluding tert-OH is 1. The summed E-state index contributed by atoms with van der Waals surface area (Å²) >= 11 is 8.66. The minimum Gasteiger partial charge on any atom is -0.505 e. The van der Waals surface area contributed by atoms with Crippen molar-refractivity contribution in [3.05, 3.63) is 111 Å². The molecule has 12 heteroatoms. The van der Waals surface area contributed by atoms with Gasteiger partial charge in [-0.1, -0.05) is 65.0 Å². The number of amides is 1. The number of fused-ring (bicyclic) bond motifs is 1. The highest BCUT2D eigenvalue weighted by molar-refractivity contribution is 8.00. The van der Waals surface area contributed by atoms with Gasteiger partial charge >= 0.3 is 5.91 Å². The van der Waals surface area contributed by atoms with E-state index in [1.165, 1.54) is 28.8 Å². The van der Waals surface area contributed by atoms with Crippen LogP contribution in [0.25, 0.3) is 11.4 Å². The number of imidazole rings is 1. The molecule has 2 aromatic carbocycles. The zero-order valence-corrected chi connectivity index (χ0v) is 24.1. The first-order valence-electron chi connectivity index (χ1n) is 12.4. The van der Waals surface area contributed by atoms with Gasteiger partial charge in [-0.25, -0.2) is 9.37 Å². The highest BCUT2D eigenvalue weighted by Gasteiger charge is 2.48. The fourth-order valence-corrected chi connectivity index (χ4v) is 6.70. The van der Waals surface area contributed by atoms with Crippen molar-refractivity contribution < 1.29 is 19.1 Å². The van der Waals surface area contributed by atoms with Crippen LogP contribution in [-0.2, 0) is 15.3 Å². The predicted molar refractivity (Wildman–Crippen MR) is 157 cm³/mol. The van der Waals surface area contributed by atoms with E-state index in [4.69, 9.17) is 11.6 Å². The number of Topliss-reactive ketones (excluding diaryl/α,β-unsaturated/α-hetero) is 1. The maximum absolute atomic E-state index is 13.5. The summed E-state index contributed by atoms with van der Waals surface area (Å²) in [4.78, 5) is 32.9. The van der Waals surface area contributed by atoms with E-state index >= 15 is 0 Å². The molecule has 0 saturated carbocycles. The average molecular weight is 606 g/mol. The molecule has 1 fully saturated rings. The first-order valence-corrected chi connectivity index (χ1v) is 14.6. The molecular weight excluding hydrogens is 585 g/mol. The maximum atomic E-state index is 13.5. The Morgan fingerprint density at radius 3 is 2.51 bits per heavy atom. The number of benzene rings is 2. The lowest BCUT2D eigenvalue weighted by atomic mass is 9.96. The van der Waals surface area contributed by atoms with Crippen molar-refractivity contribution in [2.24, 2.45) is 0 Å². The van der Waals surface area contributed by atoms with Crippen LogP contribution >= 0.6 is 34.7 Å². The van der Waals surface area contributed by atoms with Gasteiger partial charge in [-0.05, 0) is 60.9 Å². The Morgan fingerprint density at radius 1 is 1.07 bits per heavy atom. The highest BCUT2D eigenvalue weighted by Crippen LogP contribution is 2.44. The summed E-state index contributed by atoms with van der Waals surface area (Å²) in [5, 5.41) is 20.7. The fourth-order valence-electron chi connectivity index (χ4n) is 4.75. The molecule has 6 rings (SSSR count). The number of carbonyl (C=O) groups excluding carboxylic acids is 2. The first kappa shape index (κ1) is 27.1. The number of halogens is 2. The lowest BCUT2D eigenvalue weighted by Crippen LogP contribution is -2.29. The van der Waals surface area contributed by atoms with E-state index in [9.17, 15) is 19.1 Å². The van der Waals surface area contributed by atoms with Crippen LogP contribution < -0.4 is 4.90 Å². The van der Waals surface area contributed by atoms with Gasteiger partial charge in [-0.15, -0.1) is 10.2 Å². The van der Waals surface area contributed by atoms with Crippen LogP contribution in [0.3, 0.4) is 0 Å². The van der Waals surface area contributed by atoms with E-state index in [2.05, 4.69) is 15.2 Å². The van der Waals surface area contributed by atoms with Gasteiger partial charge in [0.15, 0.2) is 10.1 Å². The van der Waals surface area contributed by atoms with E-state index < -0.39 is 17.7 Å². The average Bonchev–Trinajstić information content (AvgIpc) is 3.64. The number of hydrogen-bond donors (Lipinski definition) is 1. The van der Waals surface area contributed by atoms with Gasteiger partial charge in [-0.3, -0.25) is 14.5 Å². The third-order valence-electron chi connectivity index (χ3n) is 6.82. The monoisotopic (exact) mass is 605 g/mol. The van der Waals surface area contributed by atoms with Crippen LogP contribution in [-0.4, -0.2) is 36.4 Å². The Hall–Kier alpha value is -4.06. The quantitative estimate of drug-likeness (QED) is 0.0774. The SMILES string of the molecule is Cc1cccn2c(C)c(/C(O)=C3\C(=O)C(=O)N(c4nnc(SCc5ccc(F)cc5)s4)C3c3ccc(Cl)cc3)nc12. The second kappa shape index (κ2) is 10.7. The van der Waals surface area contributed by atoms with E-state index in [-0.39, 0.29) is 28.0 Å². The number of aromatic nitrogens is 4. The zero-order valence-electron chi connectivity index (χ0n) is 21.7. The molecule has 3 aromatic heterocycles. The van der Waals surface area contributed by atoms with Gasteiger partial charge in [0, 0.05) is 17.0 Å². The Balaban J connectivity index is 1.43. The molecule has 0 spiro atoms. The van der Waals surface area contributed by atoms with E-state index in [0.29, 0.717) is 32.0 Å². The molecule has 206 valence electrons. The topological polar surface area (TPSA) is 101 Å². The summed E-state index contributed by atoms with van der Waals surface area (Å²) < 4.78 is 15.6. The van der Waals surface area contributed by atoms with Crippen molar-refractivity contribution in [3.8, 4) is 0 Å². The largest absolute Gasteiger partial charge is 0.505 e. The maximum Gasteiger partial charge on any atom is 0.301 e. The van der Waals surface area contributed by atoms with Crippen molar-refractivity contribution in [3.63, 3.8) is 0 Å². The summed E-state index contributed by atoms with van der Waals surface area (Å²) in [6.07, 6.45) is 1.82. The van der Waals surface area contributed by atoms with Crippen LogP contribution in [0.2, 0.25) is 5.02 Å². The molecule has 1 atom stereocenters. The van der Waals surface area contributed by atoms with E-state index in [1.54, 1.807) is 43.3 Å². The van der Waals surface area contributed by atoms with Gasteiger partial charge in [0.05, 0.1) is 17.3 Å². The van der Waals surface area contributed by atoms with Crippen molar-refractivity contribution in [1.82, 2.24) is 19.6 Å². The predicted octanol–water partition coefficient (Wildman–Crippen LogP) is 6.51. The molecule has 1 aliphatic heterocycles. The van der Waals surface area contributed by atoms with Crippen molar-refractivity contribution >= 4 is 62.9 Å². The summed E-state index contributed by atoms with van der Waals surface area (Å²) in [6.45, 7) is 3.69. The molecular formula is C29H21ClFN5O3S2. The molecule has 4 heterocycles. The van der Waals surface area contributed by atoms with Crippen molar-refractivity contribution in [2.45, 2.75) is 30.0 Å². The van der Waals surface area contributed by atoms with Crippen LogP contribution in [0.1, 0.15) is 34.1 Å². The number of aliphatic hydroxyl groups is 1. The third-order valence-corrected chi connectivity index (χ3v) is 9.19. The fraction of sp³-hybridized carbons (Fsp3) is 0.138. The van der Waals surface area contributed by atoms with Gasteiger partial charge in [0.1, 0.15) is 17.2 Å². The lowest BCUT2D eigenvalue weighted by Gasteiger charge is -2.22. The summed E-state index contributed by atoms with van der Waals surface area (Å²) in [5.74, 6) is -1.87. The molecule has 8 nitrogen and oxygen atoms in total. The summed E-state index contributed by atoms with van der Waals surface area (Å²) in [7, 11) is 0. The number of aryl methyl sites for hydroxylation is 2. The Bertz CT molecular complexity index is 1850. The Morgan fingerprint density at radius 2 is 1.80 bits per heavy atom. The molecule has 1 unspecified atom stereocenters. The van der Waals surface area contributed by atoms with Gasteiger partial charge in [0.2, 0.25) is 5.13 Å².